The van der Waals surface area contributed by atoms with E-state index >= 15 is 0 Å². The molecule has 5 rings (SSSR count). The first kappa shape index (κ1) is 10.7. The number of rotatable bonds is 0. The highest BCUT2D eigenvalue weighted by molar-refractivity contribution is 5.98. The van der Waals surface area contributed by atoms with Crippen LogP contribution < -0.4 is 0 Å². The van der Waals surface area contributed by atoms with Gasteiger partial charge in [-0.1, -0.05) is 74.5 Å². The van der Waals surface area contributed by atoms with E-state index in [9.17, 15) is 0 Å². The Labute approximate surface area is 119 Å². The normalized spacial score (nSPS) is 28.9. The van der Waals surface area contributed by atoms with Crippen molar-refractivity contribution in [2.75, 3.05) is 0 Å². The van der Waals surface area contributed by atoms with Crippen molar-refractivity contribution in [2.24, 2.45) is 0 Å². The monoisotopic (exact) mass is 256 g/mol. The van der Waals surface area contributed by atoms with Crippen molar-refractivity contribution in [3.63, 3.8) is 0 Å². The molecule has 0 saturated carbocycles. The summed E-state index contributed by atoms with van der Waals surface area (Å²) < 4.78 is 0. The fraction of sp³-hybridized carbons (Fsp3) is 0.200. The van der Waals surface area contributed by atoms with Crippen LogP contribution in [0.5, 0.6) is 0 Å². The summed E-state index contributed by atoms with van der Waals surface area (Å²) in [6.45, 7) is 4.84. The van der Waals surface area contributed by atoms with Crippen LogP contribution in [-0.4, -0.2) is 0 Å². The zero-order chi connectivity index (χ0) is 13.5. The minimum absolute atomic E-state index is 0.132. The van der Waals surface area contributed by atoms with Gasteiger partial charge in [0.25, 0.3) is 0 Å². The van der Waals surface area contributed by atoms with E-state index in [0.717, 1.165) is 0 Å². The van der Waals surface area contributed by atoms with E-state index in [-0.39, 0.29) is 10.8 Å². The maximum Gasteiger partial charge on any atom is 0.0318 e. The van der Waals surface area contributed by atoms with Crippen molar-refractivity contribution in [2.45, 2.75) is 24.7 Å². The average Bonchev–Trinajstić information content (AvgIpc) is 2.67. The first-order valence-electron chi connectivity index (χ1n) is 7.32. The zero-order valence-electron chi connectivity index (χ0n) is 11.8. The van der Waals surface area contributed by atoms with Crippen LogP contribution in [0, 0.1) is 0 Å². The molecule has 0 heterocycles. The topological polar surface area (TPSA) is 0 Å². The standard InChI is InChI=1S/C20H16/c1-19-14-9-3-4-10-15(14)20(19,2)17-12-6-8-13-7-5-11-16(19)18(13)17/h3-12H,1-2H3. The molecule has 0 fully saturated rings. The SMILES string of the molecule is CC12c3ccccc3C1(C)c1cccc3cccc2c13. The number of hydrogen-bond donors (Lipinski definition) is 0. The van der Waals surface area contributed by atoms with E-state index in [0.29, 0.717) is 0 Å². The second kappa shape index (κ2) is 2.98. The van der Waals surface area contributed by atoms with Gasteiger partial charge in [-0.05, 0) is 33.0 Å². The third-order valence-electron chi connectivity index (χ3n) is 5.99. The molecule has 0 N–H and O–H groups in total. The lowest BCUT2D eigenvalue weighted by atomic mass is 9.47. The molecule has 96 valence electrons. The van der Waals surface area contributed by atoms with Crippen LogP contribution in [0.25, 0.3) is 10.8 Å². The van der Waals surface area contributed by atoms with Crippen molar-refractivity contribution in [1.82, 2.24) is 0 Å². The fourth-order valence-corrected chi connectivity index (χ4v) is 4.83. The van der Waals surface area contributed by atoms with Crippen LogP contribution in [-0.2, 0) is 10.8 Å². The lowest BCUT2D eigenvalue weighted by Crippen LogP contribution is -2.53. The summed E-state index contributed by atoms with van der Waals surface area (Å²) in [6.07, 6.45) is 0. The van der Waals surface area contributed by atoms with Crippen molar-refractivity contribution in [1.29, 1.82) is 0 Å². The van der Waals surface area contributed by atoms with Crippen molar-refractivity contribution in [3.05, 3.63) is 82.9 Å². The van der Waals surface area contributed by atoms with E-state index in [1.54, 1.807) is 0 Å². The highest BCUT2D eigenvalue weighted by atomic mass is 14.6. The summed E-state index contributed by atoms with van der Waals surface area (Å²) in [7, 11) is 0. The summed E-state index contributed by atoms with van der Waals surface area (Å²) in [4.78, 5) is 0. The molecule has 2 unspecified atom stereocenters. The molecule has 0 aromatic heterocycles. The summed E-state index contributed by atoms with van der Waals surface area (Å²) >= 11 is 0. The van der Waals surface area contributed by atoms with Crippen molar-refractivity contribution < 1.29 is 0 Å². The van der Waals surface area contributed by atoms with Gasteiger partial charge in [0.1, 0.15) is 0 Å². The Balaban J connectivity index is 2.04. The van der Waals surface area contributed by atoms with E-state index in [1.165, 1.54) is 33.0 Å². The third-order valence-corrected chi connectivity index (χ3v) is 5.99. The third kappa shape index (κ3) is 0.816. The average molecular weight is 256 g/mol. The van der Waals surface area contributed by atoms with E-state index in [4.69, 9.17) is 0 Å². The predicted molar refractivity (Wildman–Crippen MR) is 83.3 cm³/mol. The highest BCUT2D eigenvalue weighted by Gasteiger charge is 2.63. The molecule has 0 nitrogen and oxygen atoms in total. The molecule has 2 aliphatic carbocycles. The van der Waals surface area contributed by atoms with E-state index in [2.05, 4.69) is 74.5 Å². The molecule has 0 spiro atoms. The fourth-order valence-electron chi connectivity index (χ4n) is 4.83. The molecule has 0 radical (unpaired) electrons. The molecule has 2 aliphatic rings. The second-order valence-electron chi connectivity index (χ2n) is 6.50. The Hall–Kier alpha value is -2.08. The second-order valence-corrected chi connectivity index (χ2v) is 6.50. The molecule has 0 amide bonds. The van der Waals surface area contributed by atoms with Gasteiger partial charge in [-0.25, -0.2) is 0 Å². The van der Waals surface area contributed by atoms with Gasteiger partial charge in [-0.3, -0.25) is 0 Å². The molecular formula is C20H16. The summed E-state index contributed by atoms with van der Waals surface area (Å²) in [5, 5.41) is 2.86. The smallest absolute Gasteiger partial charge is 0.0318 e. The molecule has 0 saturated heterocycles. The lowest BCUT2D eigenvalue weighted by molar-refractivity contribution is 0.315. The molecule has 0 heteroatoms. The number of hydrogen-bond acceptors (Lipinski definition) is 0. The Morgan fingerprint density at radius 3 is 1.50 bits per heavy atom. The maximum absolute atomic E-state index is 2.42. The van der Waals surface area contributed by atoms with Crippen LogP contribution in [0.1, 0.15) is 36.1 Å². The Morgan fingerprint density at radius 1 is 0.550 bits per heavy atom. The van der Waals surface area contributed by atoms with Crippen molar-refractivity contribution >= 4 is 10.8 Å². The van der Waals surface area contributed by atoms with Crippen LogP contribution in [0.15, 0.2) is 60.7 Å². The van der Waals surface area contributed by atoms with Gasteiger partial charge in [0.2, 0.25) is 0 Å². The molecule has 3 aromatic rings. The molecule has 0 bridgehead atoms. The van der Waals surface area contributed by atoms with Gasteiger partial charge < -0.3 is 0 Å². The first-order chi connectivity index (χ1) is 9.69. The molecular weight excluding hydrogens is 240 g/mol. The molecule has 3 aromatic carbocycles. The van der Waals surface area contributed by atoms with Crippen molar-refractivity contribution in [3.8, 4) is 0 Å². The first-order valence-corrected chi connectivity index (χ1v) is 7.32. The van der Waals surface area contributed by atoms with Gasteiger partial charge in [-0.2, -0.15) is 0 Å². The Kier molecular flexibility index (Phi) is 1.59. The summed E-state index contributed by atoms with van der Waals surface area (Å²) in [5.41, 5.74) is 6.29. The van der Waals surface area contributed by atoms with E-state index in [1.807, 2.05) is 0 Å². The maximum atomic E-state index is 2.42. The summed E-state index contributed by atoms with van der Waals surface area (Å²) in [6, 6.07) is 22.5. The molecule has 20 heavy (non-hydrogen) atoms. The van der Waals surface area contributed by atoms with Crippen LogP contribution in [0.2, 0.25) is 0 Å². The number of fused-ring (bicyclic) bond motifs is 6. The minimum atomic E-state index is 0.132. The quantitative estimate of drug-likeness (QED) is 0.543. The van der Waals surface area contributed by atoms with Gasteiger partial charge in [0, 0.05) is 10.8 Å². The van der Waals surface area contributed by atoms with Crippen LogP contribution in [0.4, 0.5) is 0 Å². The predicted octanol–water partition coefficient (Wildman–Crippen LogP) is 4.78. The van der Waals surface area contributed by atoms with Gasteiger partial charge in [0.05, 0.1) is 0 Å². The Bertz CT molecular complexity index is 820. The Morgan fingerprint density at radius 2 is 1.00 bits per heavy atom. The lowest BCUT2D eigenvalue weighted by Gasteiger charge is -2.54. The molecule has 2 atom stereocenters. The highest BCUT2D eigenvalue weighted by Crippen LogP contribution is 2.68. The van der Waals surface area contributed by atoms with Crippen LogP contribution >= 0.6 is 0 Å². The van der Waals surface area contributed by atoms with Gasteiger partial charge in [0.15, 0.2) is 0 Å². The summed E-state index contributed by atoms with van der Waals surface area (Å²) in [5.74, 6) is 0. The molecule has 0 aliphatic heterocycles. The minimum Gasteiger partial charge on any atom is -0.0619 e. The zero-order valence-corrected chi connectivity index (χ0v) is 11.8. The number of benzene rings is 3. The van der Waals surface area contributed by atoms with Gasteiger partial charge >= 0.3 is 0 Å². The largest absolute Gasteiger partial charge is 0.0619 e. The van der Waals surface area contributed by atoms with Crippen LogP contribution in [0.3, 0.4) is 0 Å². The van der Waals surface area contributed by atoms with E-state index < -0.39 is 0 Å². The van der Waals surface area contributed by atoms with Gasteiger partial charge in [-0.15, -0.1) is 0 Å².